The van der Waals surface area contributed by atoms with Crippen LogP contribution in [0, 0.1) is 0 Å². The third-order valence-electron chi connectivity index (χ3n) is 3.89. The van der Waals surface area contributed by atoms with Gasteiger partial charge in [-0.1, -0.05) is 56.3 Å². The molecule has 0 saturated heterocycles. The van der Waals surface area contributed by atoms with Crippen LogP contribution in [0.25, 0.3) is 10.9 Å². The Bertz CT molecular complexity index is 766. The van der Waals surface area contributed by atoms with Crippen LogP contribution >= 0.6 is 0 Å². The van der Waals surface area contributed by atoms with E-state index in [9.17, 15) is 4.79 Å². The fourth-order valence-corrected chi connectivity index (χ4v) is 2.58. The number of fused-ring (bicyclic) bond motifs is 1. The Morgan fingerprint density at radius 1 is 1.00 bits per heavy atom. The number of aromatic nitrogens is 1. The summed E-state index contributed by atoms with van der Waals surface area (Å²) < 4.78 is 2.01. The highest BCUT2D eigenvalue weighted by Crippen LogP contribution is 2.18. The normalized spacial score (nSPS) is 11.2. The summed E-state index contributed by atoms with van der Waals surface area (Å²) in [6.07, 6.45) is 1.98. The van der Waals surface area contributed by atoms with E-state index in [1.54, 1.807) is 0 Å². The number of rotatable bonds is 4. The number of carbonyl (C=O) groups is 1. The Morgan fingerprint density at radius 3 is 2.43 bits per heavy atom. The van der Waals surface area contributed by atoms with Gasteiger partial charge in [-0.2, -0.15) is 0 Å². The van der Waals surface area contributed by atoms with Crippen molar-refractivity contribution in [1.82, 2.24) is 4.57 Å². The van der Waals surface area contributed by atoms with Crippen molar-refractivity contribution in [3.05, 3.63) is 71.9 Å². The van der Waals surface area contributed by atoms with Crippen LogP contribution in [0.15, 0.2) is 60.8 Å². The summed E-state index contributed by atoms with van der Waals surface area (Å²) in [5.74, 6) is 0.634. The van der Waals surface area contributed by atoms with E-state index in [4.69, 9.17) is 0 Å². The van der Waals surface area contributed by atoms with Gasteiger partial charge in [0.15, 0.2) is 5.78 Å². The molecule has 2 aromatic carbocycles. The minimum absolute atomic E-state index is 0.145. The summed E-state index contributed by atoms with van der Waals surface area (Å²) in [5, 5.41) is 1.17. The van der Waals surface area contributed by atoms with Crippen molar-refractivity contribution >= 4 is 16.7 Å². The van der Waals surface area contributed by atoms with Crippen molar-refractivity contribution in [3.63, 3.8) is 0 Å². The molecule has 1 aromatic heterocycles. The lowest BCUT2D eigenvalue weighted by Crippen LogP contribution is -2.09. The first-order valence-corrected chi connectivity index (χ1v) is 7.32. The highest BCUT2D eigenvalue weighted by atomic mass is 16.1. The predicted molar refractivity (Wildman–Crippen MR) is 86.8 cm³/mol. The number of carbonyl (C=O) groups excluding carboxylic acids is 1. The standard InChI is InChI=1S/C19H19NO/c1-14(2)15-7-9-17(10-8-15)19(21)13-20-12-11-16-5-3-4-6-18(16)20/h3-12,14H,13H2,1-2H3. The minimum atomic E-state index is 0.145. The van der Waals surface area contributed by atoms with Gasteiger partial charge < -0.3 is 4.57 Å². The summed E-state index contributed by atoms with van der Waals surface area (Å²) in [5.41, 5.74) is 3.14. The maximum absolute atomic E-state index is 12.4. The van der Waals surface area contributed by atoms with E-state index in [-0.39, 0.29) is 5.78 Å². The average Bonchev–Trinajstić information content (AvgIpc) is 2.91. The van der Waals surface area contributed by atoms with E-state index in [2.05, 4.69) is 19.9 Å². The fourth-order valence-electron chi connectivity index (χ4n) is 2.58. The molecule has 0 saturated carbocycles. The monoisotopic (exact) mass is 277 g/mol. The average molecular weight is 277 g/mol. The second-order valence-electron chi connectivity index (χ2n) is 5.70. The fraction of sp³-hybridized carbons (Fsp3) is 0.211. The van der Waals surface area contributed by atoms with Gasteiger partial charge in [0, 0.05) is 17.3 Å². The maximum atomic E-state index is 12.4. The lowest BCUT2D eigenvalue weighted by atomic mass is 10.0. The van der Waals surface area contributed by atoms with E-state index in [1.807, 2.05) is 59.3 Å². The van der Waals surface area contributed by atoms with E-state index < -0.39 is 0 Å². The third-order valence-corrected chi connectivity index (χ3v) is 3.89. The third kappa shape index (κ3) is 2.75. The van der Waals surface area contributed by atoms with Crippen molar-refractivity contribution in [1.29, 1.82) is 0 Å². The number of hydrogen-bond acceptors (Lipinski definition) is 1. The van der Waals surface area contributed by atoms with Gasteiger partial charge in [-0.15, -0.1) is 0 Å². The summed E-state index contributed by atoms with van der Waals surface area (Å²) >= 11 is 0. The SMILES string of the molecule is CC(C)c1ccc(C(=O)Cn2ccc3ccccc32)cc1. The number of nitrogens with zero attached hydrogens (tertiary/aromatic N) is 1. The minimum Gasteiger partial charge on any atom is -0.340 e. The Labute approximate surface area is 125 Å². The number of para-hydroxylation sites is 1. The lowest BCUT2D eigenvalue weighted by Gasteiger charge is -2.08. The highest BCUT2D eigenvalue weighted by Gasteiger charge is 2.09. The van der Waals surface area contributed by atoms with Crippen molar-refractivity contribution in [2.75, 3.05) is 0 Å². The van der Waals surface area contributed by atoms with Crippen molar-refractivity contribution in [3.8, 4) is 0 Å². The molecule has 106 valence electrons. The van der Waals surface area contributed by atoms with E-state index in [1.165, 1.54) is 10.9 Å². The zero-order valence-electron chi connectivity index (χ0n) is 12.4. The smallest absolute Gasteiger partial charge is 0.182 e. The van der Waals surface area contributed by atoms with Gasteiger partial charge in [-0.05, 0) is 29.0 Å². The molecule has 2 heteroatoms. The number of Topliss-reactive ketones (excluding diaryl/α,β-unsaturated/α-hetero) is 1. The summed E-state index contributed by atoms with van der Waals surface area (Å²) in [6, 6.07) is 18.1. The van der Waals surface area contributed by atoms with Gasteiger partial charge in [0.1, 0.15) is 0 Å². The lowest BCUT2D eigenvalue weighted by molar-refractivity contribution is 0.0973. The maximum Gasteiger partial charge on any atom is 0.182 e. The first-order chi connectivity index (χ1) is 10.1. The second-order valence-corrected chi connectivity index (χ2v) is 5.70. The van der Waals surface area contributed by atoms with Gasteiger partial charge >= 0.3 is 0 Å². The first kappa shape index (κ1) is 13.6. The first-order valence-electron chi connectivity index (χ1n) is 7.32. The van der Waals surface area contributed by atoms with Crippen molar-refractivity contribution < 1.29 is 4.79 Å². The molecule has 0 spiro atoms. The predicted octanol–water partition coefficient (Wildman–Crippen LogP) is 4.65. The molecule has 1 heterocycles. The van der Waals surface area contributed by atoms with Gasteiger partial charge in [0.05, 0.1) is 6.54 Å². The molecule has 0 radical (unpaired) electrons. The topological polar surface area (TPSA) is 22.0 Å². The van der Waals surface area contributed by atoms with E-state index in [0.717, 1.165) is 11.1 Å². The Balaban J connectivity index is 1.83. The van der Waals surface area contributed by atoms with Crippen LogP contribution in [-0.4, -0.2) is 10.4 Å². The highest BCUT2D eigenvalue weighted by molar-refractivity contribution is 5.96. The number of hydrogen-bond donors (Lipinski definition) is 0. The zero-order chi connectivity index (χ0) is 14.8. The summed E-state index contributed by atoms with van der Waals surface area (Å²) in [4.78, 5) is 12.4. The molecule has 3 aromatic rings. The molecule has 2 nitrogen and oxygen atoms in total. The molecule has 0 N–H and O–H groups in total. The molecule has 3 rings (SSSR count). The molecule has 0 fully saturated rings. The molecule has 21 heavy (non-hydrogen) atoms. The van der Waals surface area contributed by atoms with Gasteiger partial charge in [0.2, 0.25) is 0 Å². The van der Waals surface area contributed by atoms with Crippen LogP contribution in [0.5, 0.6) is 0 Å². The van der Waals surface area contributed by atoms with Gasteiger partial charge in [-0.3, -0.25) is 4.79 Å². The number of benzene rings is 2. The molecule has 0 aliphatic heterocycles. The molecular formula is C19H19NO. The van der Waals surface area contributed by atoms with Gasteiger partial charge in [0.25, 0.3) is 0 Å². The van der Waals surface area contributed by atoms with Crippen molar-refractivity contribution in [2.24, 2.45) is 0 Å². The molecule has 0 aliphatic rings. The van der Waals surface area contributed by atoms with Crippen molar-refractivity contribution in [2.45, 2.75) is 26.3 Å². The van der Waals surface area contributed by atoms with Crippen LogP contribution < -0.4 is 0 Å². The summed E-state index contributed by atoms with van der Waals surface area (Å²) in [7, 11) is 0. The summed E-state index contributed by atoms with van der Waals surface area (Å²) in [6.45, 7) is 4.69. The Kier molecular flexibility index (Phi) is 3.61. The van der Waals surface area contributed by atoms with E-state index in [0.29, 0.717) is 12.5 Å². The van der Waals surface area contributed by atoms with Crippen LogP contribution in [-0.2, 0) is 6.54 Å². The molecule has 0 amide bonds. The molecule has 0 bridgehead atoms. The van der Waals surface area contributed by atoms with E-state index >= 15 is 0 Å². The molecule has 0 atom stereocenters. The Hall–Kier alpha value is -2.35. The molecular weight excluding hydrogens is 258 g/mol. The second kappa shape index (κ2) is 5.57. The zero-order valence-corrected chi connectivity index (χ0v) is 12.4. The number of ketones is 1. The van der Waals surface area contributed by atoms with Crippen LogP contribution in [0.2, 0.25) is 0 Å². The van der Waals surface area contributed by atoms with Gasteiger partial charge in [-0.25, -0.2) is 0 Å². The quantitative estimate of drug-likeness (QED) is 0.636. The van der Waals surface area contributed by atoms with Crippen LogP contribution in [0.1, 0.15) is 35.7 Å². The van der Waals surface area contributed by atoms with Crippen LogP contribution in [0.3, 0.4) is 0 Å². The molecule has 0 unspecified atom stereocenters. The Morgan fingerprint density at radius 2 is 1.71 bits per heavy atom. The largest absolute Gasteiger partial charge is 0.340 e. The molecule has 0 aliphatic carbocycles. The van der Waals surface area contributed by atoms with Crippen LogP contribution in [0.4, 0.5) is 0 Å².